The second kappa shape index (κ2) is 17.3. The summed E-state index contributed by atoms with van der Waals surface area (Å²) in [6, 6.07) is 40.8. The Kier molecular flexibility index (Phi) is 8.02. The summed E-state index contributed by atoms with van der Waals surface area (Å²) in [5.74, 6) is -0.449. The first-order chi connectivity index (χ1) is 37.6. The zero-order chi connectivity index (χ0) is 59.3. The Morgan fingerprint density at radius 1 is 0.552 bits per heavy atom. The molecule has 0 amide bonds. The van der Waals surface area contributed by atoms with E-state index < -0.39 is 67.0 Å². The minimum Gasteiger partial charge on any atom is -0.507 e. The Morgan fingerprint density at radius 2 is 1.19 bits per heavy atom. The Hall–Kier alpha value is -7.04. The first-order valence-electron chi connectivity index (χ1n) is 29.5. The third-order valence-corrected chi connectivity index (χ3v) is 12.3. The molecular weight excluding hydrogens is 815 g/mol. The third kappa shape index (κ3) is 9.10. The SMILES string of the molecule is [2H]c1c([2H])c(C(C([2H])([2H])[2H])(C([2H])([2H])[2H])C([2H])([2H])[2H])c([2H])c([2H])c1-c1ccnc(-c2cc(-c3ccccc3)cc(-c3cccc4c3nc(-c3cc(C(C)(C)C)cc(C(C)(C)C)c3O)n4-c3cc(-c4ccccc4)cc(C([2H])(C)C)c3)c2)c1. The maximum Gasteiger partial charge on any atom is 0.149 e. The van der Waals surface area contributed by atoms with Gasteiger partial charge in [-0.2, -0.15) is 0 Å². The predicted molar refractivity (Wildman–Crippen MR) is 283 cm³/mol. The molecule has 0 saturated carbocycles. The van der Waals surface area contributed by atoms with Crippen LogP contribution in [0.2, 0.25) is 0 Å². The normalized spacial score (nSPS) is 16.1. The van der Waals surface area contributed by atoms with E-state index in [9.17, 15) is 9.22 Å². The molecule has 0 aliphatic carbocycles. The van der Waals surface area contributed by atoms with Gasteiger partial charge in [-0.1, -0.05) is 185 Å². The van der Waals surface area contributed by atoms with E-state index in [0.717, 1.165) is 44.6 Å². The number of phenolic OH excluding ortho intramolecular Hbond substituents is 1. The van der Waals surface area contributed by atoms with Crippen molar-refractivity contribution in [2.75, 3.05) is 0 Å². The first-order valence-corrected chi connectivity index (χ1v) is 22.5. The average Bonchev–Trinajstić information content (AvgIpc) is 3.93. The van der Waals surface area contributed by atoms with Crippen molar-refractivity contribution in [3.8, 4) is 78.6 Å². The van der Waals surface area contributed by atoms with Gasteiger partial charge < -0.3 is 5.11 Å². The second-order valence-corrected chi connectivity index (χ2v) is 19.6. The van der Waals surface area contributed by atoms with E-state index in [0.29, 0.717) is 44.8 Å². The summed E-state index contributed by atoms with van der Waals surface area (Å²) in [5.41, 5.74) is 4.82. The molecular formula is C63H63N3O. The van der Waals surface area contributed by atoms with Gasteiger partial charge in [0.15, 0.2) is 0 Å². The van der Waals surface area contributed by atoms with E-state index >= 15 is 0 Å². The van der Waals surface area contributed by atoms with Crippen molar-refractivity contribution in [2.24, 2.45) is 0 Å². The average molecular weight is 892 g/mol. The van der Waals surface area contributed by atoms with E-state index in [4.69, 9.17) is 25.0 Å². The fraction of sp³-hybridized carbons (Fsp3) is 0.238. The summed E-state index contributed by atoms with van der Waals surface area (Å²) in [6.07, 6.45) is 1.42. The summed E-state index contributed by atoms with van der Waals surface area (Å²) < 4.78 is 122. The lowest BCUT2D eigenvalue weighted by Gasteiger charge is -2.27. The molecule has 0 radical (unpaired) electrons. The fourth-order valence-electron chi connectivity index (χ4n) is 8.53. The summed E-state index contributed by atoms with van der Waals surface area (Å²) in [5, 5.41) is 12.6. The lowest BCUT2D eigenvalue weighted by molar-refractivity contribution is 0.446. The van der Waals surface area contributed by atoms with Gasteiger partial charge in [0.25, 0.3) is 0 Å². The van der Waals surface area contributed by atoms with Crippen LogP contribution in [0.5, 0.6) is 5.75 Å². The molecule has 0 atom stereocenters. The molecule has 336 valence electrons. The highest BCUT2D eigenvalue weighted by atomic mass is 16.3. The molecule has 0 aliphatic rings. The molecule has 0 unspecified atom stereocenters. The van der Waals surface area contributed by atoms with Crippen molar-refractivity contribution in [1.29, 1.82) is 0 Å². The van der Waals surface area contributed by atoms with Gasteiger partial charge in [-0.15, -0.1) is 0 Å². The molecule has 67 heavy (non-hydrogen) atoms. The van der Waals surface area contributed by atoms with Crippen LogP contribution in [-0.2, 0) is 16.2 Å². The van der Waals surface area contributed by atoms with Gasteiger partial charge >= 0.3 is 0 Å². The van der Waals surface area contributed by atoms with Crippen molar-refractivity contribution in [2.45, 2.75) is 98.1 Å². The fourth-order valence-corrected chi connectivity index (χ4v) is 8.53. The van der Waals surface area contributed by atoms with E-state index in [2.05, 4.69) is 58.2 Å². The molecule has 0 fully saturated rings. The molecule has 7 aromatic carbocycles. The van der Waals surface area contributed by atoms with Crippen LogP contribution < -0.4 is 0 Å². The highest BCUT2D eigenvalue weighted by Crippen LogP contribution is 2.45. The maximum atomic E-state index is 12.6. The number of hydrogen-bond acceptors (Lipinski definition) is 3. The number of benzene rings is 7. The highest BCUT2D eigenvalue weighted by molar-refractivity contribution is 5.98. The van der Waals surface area contributed by atoms with Crippen molar-refractivity contribution in [1.82, 2.24) is 14.5 Å². The van der Waals surface area contributed by atoms with Crippen LogP contribution in [-0.4, -0.2) is 19.6 Å². The molecule has 0 spiro atoms. The van der Waals surface area contributed by atoms with Crippen molar-refractivity contribution >= 4 is 11.0 Å². The van der Waals surface area contributed by atoms with Gasteiger partial charge in [0.05, 0.1) is 27.8 Å². The lowest BCUT2D eigenvalue weighted by atomic mass is 9.79. The topological polar surface area (TPSA) is 50.9 Å². The molecule has 1 N–H and O–H groups in total. The van der Waals surface area contributed by atoms with Crippen molar-refractivity contribution < 1.29 is 24.3 Å². The van der Waals surface area contributed by atoms with Crippen LogP contribution in [0.1, 0.15) is 123 Å². The van der Waals surface area contributed by atoms with E-state index in [1.807, 2.05) is 129 Å². The van der Waals surface area contributed by atoms with Crippen LogP contribution in [0.15, 0.2) is 170 Å². The number of rotatable bonds is 8. The Morgan fingerprint density at radius 3 is 1.82 bits per heavy atom. The van der Waals surface area contributed by atoms with Crippen LogP contribution in [0, 0.1) is 0 Å². The number of phenols is 1. The van der Waals surface area contributed by atoms with Crippen LogP contribution >= 0.6 is 0 Å². The number of aromatic hydroxyl groups is 1. The molecule has 2 aromatic heterocycles. The molecule has 2 heterocycles. The van der Waals surface area contributed by atoms with Gasteiger partial charge in [0.2, 0.25) is 0 Å². The number of nitrogens with zero attached hydrogens (tertiary/aromatic N) is 3. The second-order valence-electron chi connectivity index (χ2n) is 19.6. The number of fused-ring (bicyclic) bond motifs is 1. The summed E-state index contributed by atoms with van der Waals surface area (Å²) >= 11 is 0. The van der Waals surface area contributed by atoms with Gasteiger partial charge in [-0.3, -0.25) is 9.55 Å². The Balaban J connectivity index is 1.33. The zero-order valence-electron chi connectivity index (χ0n) is 53.1. The van der Waals surface area contributed by atoms with Gasteiger partial charge in [-0.25, -0.2) is 4.98 Å². The van der Waals surface area contributed by atoms with Crippen LogP contribution in [0.3, 0.4) is 0 Å². The number of pyridine rings is 1. The molecule has 9 aromatic rings. The maximum absolute atomic E-state index is 12.6. The highest BCUT2D eigenvalue weighted by Gasteiger charge is 2.29. The Bertz CT molecular complexity index is 3830. The quantitative estimate of drug-likeness (QED) is 0.165. The largest absolute Gasteiger partial charge is 0.507 e. The van der Waals surface area contributed by atoms with Crippen molar-refractivity contribution in [3.63, 3.8) is 0 Å². The van der Waals surface area contributed by atoms with Crippen LogP contribution in [0.4, 0.5) is 0 Å². The number of hydrogen-bond donors (Lipinski definition) is 1. The monoisotopic (exact) mass is 892 g/mol. The number of aromatic nitrogens is 3. The van der Waals surface area contributed by atoms with Crippen LogP contribution in [0.25, 0.3) is 83.9 Å². The van der Waals surface area contributed by atoms with Crippen molar-refractivity contribution in [3.05, 3.63) is 192 Å². The lowest BCUT2D eigenvalue weighted by Crippen LogP contribution is -2.17. The summed E-state index contributed by atoms with van der Waals surface area (Å²) in [6.45, 7) is 4.84. The van der Waals surface area contributed by atoms with E-state index in [1.165, 1.54) is 12.3 Å². The standard InChI is InChI=1S/C63H63N3O/c1-40(2)45-31-47(42-21-16-13-17-22-42)36-52(35-45)66-57-24-18-23-53(58(57)65-60(66)54-38-51(62(6,7)8)39-55(59(54)67)63(9,10)11)48-32-46(41-19-14-12-15-20-41)33-49(34-48)56-37-44(29-30-64-56)43-25-27-50(28-26-43)61(3,4)5/h12-40,67H,1-11H3/i3D3,4D3,5D3,25D,26D,27D,28D,40D. The number of imidazole rings is 1. The molecule has 0 aliphatic heterocycles. The summed E-state index contributed by atoms with van der Waals surface area (Å²) in [4.78, 5) is 10.3. The predicted octanol–water partition coefficient (Wildman–Crippen LogP) is 17.1. The number of para-hydroxylation sites is 1. The Labute approximate surface area is 417 Å². The van der Waals surface area contributed by atoms with Gasteiger partial charge in [0, 0.05) is 42.3 Å². The molecule has 0 bridgehead atoms. The molecule has 0 saturated heterocycles. The van der Waals surface area contributed by atoms with Gasteiger partial charge in [-0.05, 0) is 132 Å². The first kappa shape index (κ1) is 31.0. The minimum atomic E-state index is -3.82. The van der Waals surface area contributed by atoms with E-state index in [1.54, 1.807) is 6.07 Å². The smallest absolute Gasteiger partial charge is 0.149 e. The third-order valence-electron chi connectivity index (χ3n) is 12.3. The minimum absolute atomic E-state index is 0.0933. The van der Waals surface area contributed by atoms with E-state index in [-0.39, 0.29) is 22.3 Å². The van der Waals surface area contributed by atoms with Gasteiger partial charge in [0.1, 0.15) is 11.6 Å². The summed E-state index contributed by atoms with van der Waals surface area (Å²) in [7, 11) is 0. The molecule has 4 heteroatoms. The molecule has 9 rings (SSSR count). The molecule has 4 nitrogen and oxygen atoms in total. The zero-order valence-corrected chi connectivity index (χ0v) is 39.1.